The molecule has 0 aliphatic rings. The fourth-order valence-electron chi connectivity index (χ4n) is 1.90. The highest BCUT2D eigenvalue weighted by Crippen LogP contribution is 2.25. The first-order valence-corrected chi connectivity index (χ1v) is 5.49. The van der Waals surface area contributed by atoms with E-state index in [4.69, 9.17) is 11.5 Å². The highest BCUT2D eigenvalue weighted by Gasteiger charge is 2.08. The zero-order valence-electron chi connectivity index (χ0n) is 9.54. The standard InChI is InChI=1S/C13H11N5/c14-12-11(16-13(15)18-17-12)10-6-5-8-3-1-2-4-9(8)7-10/h1-7H,(H2,14,17)(H2,15,16,18). The molecule has 0 aliphatic carbocycles. The van der Waals surface area contributed by atoms with Crippen LogP contribution in [0.4, 0.5) is 11.8 Å². The number of nitrogens with zero attached hydrogens (tertiary/aromatic N) is 3. The van der Waals surface area contributed by atoms with Gasteiger partial charge in [-0.05, 0) is 16.8 Å². The number of rotatable bonds is 1. The van der Waals surface area contributed by atoms with Gasteiger partial charge in [-0.25, -0.2) is 4.98 Å². The molecule has 5 nitrogen and oxygen atoms in total. The summed E-state index contributed by atoms with van der Waals surface area (Å²) in [5.74, 6) is 0.395. The van der Waals surface area contributed by atoms with Crippen LogP contribution in [0.3, 0.4) is 0 Å². The van der Waals surface area contributed by atoms with Gasteiger partial charge in [0.15, 0.2) is 5.82 Å². The van der Waals surface area contributed by atoms with Crippen molar-refractivity contribution in [3.63, 3.8) is 0 Å². The highest BCUT2D eigenvalue weighted by atomic mass is 15.2. The van der Waals surface area contributed by atoms with Crippen molar-refractivity contribution in [2.75, 3.05) is 11.5 Å². The Balaban J connectivity index is 2.22. The van der Waals surface area contributed by atoms with Crippen molar-refractivity contribution in [1.82, 2.24) is 15.2 Å². The van der Waals surface area contributed by atoms with Crippen molar-refractivity contribution in [2.24, 2.45) is 0 Å². The third-order valence-electron chi connectivity index (χ3n) is 2.75. The maximum absolute atomic E-state index is 5.77. The van der Waals surface area contributed by atoms with Gasteiger partial charge in [0.05, 0.1) is 0 Å². The molecule has 0 saturated heterocycles. The fraction of sp³-hybridized carbons (Fsp3) is 0. The minimum atomic E-state index is 0.118. The van der Waals surface area contributed by atoms with Crippen molar-refractivity contribution in [3.05, 3.63) is 42.5 Å². The minimum absolute atomic E-state index is 0.118. The molecule has 0 atom stereocenters. The molecule has 4 N–H and O–H groups in total. The van der Waals surface area contributed by atoms with Crippen LogP contribution in [0.5, 0.6) is 0 Å². The molecule has 1 aromatic heterocycles. The lowest BCUT2D eigenvalue weighted by atomic mass is 10.1. The summed E-state index contributed by atoms with van der Waals surface area (Å²) in [5.41, 5.74) is 12.8. The second-order valence-electron chi connectivity index (χ2n) is 3.97. The molecule has 88 valence electrons. The van der Waals surface area contributed by atoms with Crippen LogP contribution in [0.1, 0.15) is 0 Å². The SMILES string of the molecule is Nc1nnc(N)c(-c2ccc3ccccc3c2)n1. The zero-order chi connectivity index (χ0) is 12.5. The molecule has 0 bridgehead atoms. The van der Waals surface area contributed by atoms with Gasteiger partial charge in [0.25, 0.3) is 0 Å². The molecule has 1 heterocycles. The molecule has 0 aliphatic heterocycles. The summed E-state index contributed by atoms with van der Waals surface area (Å²) in [6.07, 6.45) is 0. The number of nitrogen functional groups attached to an aromatic ring is 2. The Labute approximate surface area is 103 Å². The molecule has 0 amide bonds. The maximum Gasteiger partial charge on any atom is 0.240 e. The summed E-state index contributed by atoms with van der Waals surface area (Å²) in [5, 5.41) is 9.67. The number of nitrogens with two attached hydrogens (primary N) is 2. The summed E-state index contributed by atoms with van der Waals surface area (Å²) in [4.78, 5) is 4.13. The van der Waals surface area contributed by atoms with Crippen LogP contribution >= 0.6 is 0 Å². The summed E-state index contributed by atoms with van der Waals surface area (Å²) in [6.45, 7) is 0. The Hall–Kier alpha value is -2.69. The minimum Gasteiger partial charge on any atom is -0.380 e. The van der Waals surface area contributed by atoms with Crippen molar-refractivity contribution in [1.29, 1.82) is 0 Å². The Bertz CT molecular complexity index is 723. The Morgan fingerprint density at radius 2 is 1.61 bits per heavy atom. The lowest BCUT2D eigenvalue weighted by Gasteiger charge is -2.05. The van der Waals surface area contributed by atoms with E-state index in [0.29, 0.717) is 5.69 Å². The zero-order valence-corrected chi connectivity index (χ0v) is 9.54. The predicted octanol–water partition coefficient (Wildman–Crippen LogP) is 1.86. The molecule has 5 heteroatoms. The van der Waals surface area contributed by atoms with Crippen LogP contribution in [-0.4, -0.2) is 15.2 Å². The van der Waals surface area contributed by atoms with Gasteiger partial charge in [-0.2, -0.15) is 0 Å². The maximum atomic E-state index is 5.77. The van der Waals surface area contributed by atoms with E-state index in [1.165, 1.54) is 0 Å². The third-order valence-corrected chi connectivity index (χ3v) is 2.75. The van der Waals surface area contributed by atoms with Crippen molar-refractivity contribution < 1.29 is 0 Å². The van der Waals surface area contributed by atoms with E-state index in [9.17, 15) is 0 Å². The number of hydrogen-bond acceptors (Lipinski definition) is 5. The van der Waals surface area contributed by atoms with E-state index in [2.05, 4.69) is 21.2 Å². The Morgan fingerprint density at radius 3 is 2.44 bits per heavy atom. The Kier molecular flexibility index (Phi) is 2.30. The van der Waals surface area contributed by atoms with E-state index in [1.54, 1.807) is 0 Å². The highest BCUT2D eigenvalue weighted by molar-refractivity contribution is 5.88. The van der Waals surface area contributed by atoms with Crippen LogP contribution in [0, 0.1) is 0 Å². The van der Waals surface area contributed by atoms with E-state index in [1.807, 2.05) is 36.4 Å². The number of fused-ring (bicyclic) bond motifs is 1. The molecule has 3 rings (SSSR count). The molecule has 0 fully saturated rings. The smallest absolute Gasteiger partial charge is 0.240 e. The molecular formula is C13H11N5. The van der Waals surface area contributed by atoms with E-state index < -0.39 is 0 Å². The van der Waals surface area contributed by atoms with Gasteiger partial charge in [-0.3, -0.25) is 0 Å². The van der Waals surface area contributed by atoms with E-state index in [0.717, 1.165) is 16.3 Å². The van der Waals surface area contributed by atoms with Crippen LogP contribution in [0.2, 0.25) is 0 Å². The monoisotopic (exact) mass is 237 g/mol. The average Bonchev–Trinajstić information content (AvgIpc) is 2.41. The number of anilines is 2. The second kappa shape index (κ2) is 3.96. The van der Waals surface area contributed by atoms with Crippen LogP contribution in [-0.2, 0) is 0 Å². The fourth-order valence-corrected chi connectivity index (χ4v) is 1.90. The second-order valence-corrected chi connectivity index (χ2v) is 3.97. The summed E-state index contributed by atoms with van der Waals surface area (Å²) in [7, 11) is 0. The van der Waals surface area contributed by atoms with Gasteiger partial charge in [0, 0.05) is 5.56 Å². The van der Waals surface area contributed by atoms with Gasteiger partial charge in [-0.1, -0.05) is 36.4 Å². The number of benzene rings is 2. The van der Waals surface area contributed by atoms with E-state index >= 15 is 0 Å². The van der Waals surface area contributed by atoms with Crippen LogP contribution in [0.15, 0.2) is 42.5 Å². The molecule has 18 heavy (non-hydrogen) atoms. The lowest BCUT2D eigenvalue weighted by molar-refractivity contribution is 1.00. The normalized spacial score (nSPS) is 10.7. The van der Waals surface area contributed by atoms with Gasteiger partial charge >= 0.3 is 0 Å². The van der Waals surface area contributed by atoms with Crippen LogP contribution in [0.25, 0.3) is 22.0 Å². The predicted molar refractivity (Wildman–Crippen MR) is 71.6 cm³/mol. The van der Waals surface area contributed by atoms with Gasteiger partial charge in [0.1, 0.15) is 5.69 Å². The topological polar surface area (TPSA) is 90.7 Å². The molecule has 0 unspecified atom stereocenters. The first-order valence-electron chi connectivity index (χ1n) is 5.49. The first-order chi connectivity index (χ1) is 8.74. The molecule has 0 spiro atoms. The number of hydrogen-bond donors (Lipinski definition) is 2. The van der Waals surface area contributed by atoms with Crippen molar-refractivity contribution in [2.45, 2.75) is 0 Å². The summed E-state index contributed by atoms with van der Waals surface area (Å²) < 4.78 is 0. The molecular weight excluding hydrogens is 226 g/mol. The summed E-state index contributed by atoms with van der Waals surface area (Å²) in [6, 6.07) is 14.0. The largest absolute Gasteiger partial charge is 0.380 e. The molecule has 3 aromatic rings. The summed E-state index contributed by atoms with van der Waals surface area (Å²) >= 11 is 0. The lowest BCUT2D eigenvalue weighted by Crippen LogP contribution is -2.04. The van der Waals surface area contributed by atoms with Gasteiger partial charge < -0.3 is 11.5 Å². The van der Waals surface area contributed by atoms with Crippen molar-refractivity contribution >= 4 is 22.5 Å². The third kappa shape index (κ3) is 1.71. The first kappa shape index (κ1) is 10.5. The average molecular weight is 237 g/mol. The molecule has 0 radical (unpaired) electrons. The van der Waals surface area contributed by atoms with Crippen LogP contribution < -0.4 is 11.5 Å². The van der Waals surface area contributed by atoms with Gasteiger partial charge in [0.2, 0.25) is 5.95 Å². The molecule has 0 saturated carbocycles. The van der Waals surface area contributed by atoms with Gasteiger partial charge in [-0.15, -0.1) is 10.2 Å². The number of aromatic nitrogens is 3. The Morgan fingerprint density at radius 1 is 0.833 bits per heavy atom. The van der Waals surface area contributed by atoms with E-state index in [-0.39, 0.29) is 11.8 Å². The van der Waals surface area contributed by atoms with Crippen molar-refractivity contribution in [3.8, 4) is 11.3 Å². The molecule has 2 aromatic carbocycles. The quantitative estimate of drug-likeness (QED) is 0.674.